The summed E-state index contributed by atoms with van der Waals surface area (Å²) in [5.74, 6) is 0.205. The number of carbonyl (C=O) groups excluding carboxylic acids is 3. The second-order valence-corrected chi connectivity index (χ2v) is 7.64. The summed E-state index contributed by atoms with van der Waals surface area (Å²) in [5, 5.41) is 5.08. The minimum Gasteiger partial charge on any atom is -0.459 e. The fourth-order valence-electron chi connectivity index (χ4n) is 2.93. The van der Waals surface area contributed by atoms with E-state index < -0.39 is 11.8 Å². The van der Waals surface area contributed by atoms with E-state index in [1.807, 2.05) is 19.1 Å². The maximum absolute atomic E-state index is 12.7. The number of aryl methyl sites for hydroxylation is 1. The van der Waals surface area contributed by atoms with Crippen molar-refractivity contribution in [2.45, 2.75) is 25.8 Å². The largest absolute Gasteiger partial charge is 0.459 e. The number of thiazole rings is 1. The Morgan fingerprint density at radius 1 is 1.15 bits per heavy atom. The monoisotopic (exact) mass is 388 g/mol. The van der Waals surface area contributed by atoms with Crippen LogP contribution in [0.15, 0.2) is 21.9 Å². The second-order valence-electron chi connectivity index (χ2n) is 6.78. The average molecular weight is 388 g/mol. The molecule has 0 radical (unpaired) electrons. The van der Waals surface area contributed by atoms with Crippen molar-refractivity contribution >= 4 is 29.1 Å². The maximum atomic E-state index is 12.7. The molecule has 1 aliphatic heterocycles. The van der Waals surface area contributed by atoms with Gasteiger partial charge in [-0.2, -0.15) is 0 Å². The van der Waals surface area contributed by atoms with Gasteiger partial charge < -0.3 is 19.5 Å². The summed E-state index contributed by atoms with van der Waals surface area (Å²) in [6.07, 6.45) is 1.88. The summed E-state index contributed by atoms with van der Waals surface area (Å²) in [6, 6.07) is 3.84. The van der Waals surface area contributed by atoms with Crippen LogP contribution in [0.5, 0.6) is 0 Å². The first-order valence-electron chi connectivity index (χ1n) is 8.92. The lowest BCUT2D eigenvalue weighted by atomic mass is 10.2. The summed E-state index contributed by atoms with van der Waals surface area (Å²) < 4.78 is 5.54. The summed E-state index contributed by atoms with van der Waals surface area (Å²) in [7, 11) is 0. The molecular formula is C18H20N4O4S. The number of aromatic nitrogens is 1. The van der Waals surface area contributed by atoms with Gasteiger partial charge >= 0.3 is 11.8 Å². The van der Waals surface area contributed by atoms with Crippen LogP contribution in [0.4, 0.5) is 0 Å². The van der Waals surface area contributed by atoms with Crippen LogP contribution in [0.3, 0.4) is 0 Å². The van der Waals surface area contributed by atoms with E-state index in [1.165, 1.54) is 16.2 Å². The van der Waals surface area contributed by atoms with Crippen LogP contribution in [-0.2, 0) is 9.59 Å². The van der Waals surface area contributed by atoms with Crippen molar-refractivity contribution in [2.75, 3.05) is 26.2 Å². The zero-order valence-electron chi connectivity index (χ0n) is 14.9. The van der Waals surface area contributed by atoms with E-state index >= 15 is 0 Å². The standard InChI is InChI=1S/C18H20N4O4S/c1-11-2-5-14(26-11)16-20-13(10-27-16)17(24)21-6-8-22(9-7-21)18(25)15(23)19-12-3-4-12/h2,5,10,12H,3-4,6-9H2,1H3,(H,19,23). The van der Waals surface area contributed by atoms with Gasteiger partial charge in [0, 0.05) is 37.6 Å². The van der Waals surface area contributed by atoms with Gasteiger partial charge in [0.1, 0.15) is 11.5 Å². The van der Waals surface area contributed by atoms with Gasteiger partial charge in [0.15, 0.2) is 10.8 Å². The molecule has 142 valence electrons. The number of hydrogen-bond donors (Lipinski definition) is 1. The Morgan fingerprint density at radius 3 is 2.48 bits per heavy atom. The van der Waals surface area contributed by atoms with E-state index in [1.54, 1.807) is 10.3 Å². The Kier molecular flexibility index (Phi) is 4.69. The van der Waals surface area contributed by atoms with E-state index in [-0.39, 0.29) is 11.9 Å². The zero-order valence-corrected chi connectivity index (χ0v) is 15.8. The van der Waals surface area contributed by atoms with Crippen LogP contribution in [-0.4, -0.2) is 64.7 Å². The number of piperazine rings is 1. The predicted molar refractivity (Wildman–Crippen MR) is 98.2 cm³/mol. The van der Waals surface area contributed by atoms with Crippen LogP contribution in [0, 0.1) is 6.92 Å². The molecule has 3 heterocycles. The van der Waals surface area contributed by atoms with Crippen LogP contribution in [0.25, 0.3) is 10.8 Å². The highest BCUT2D eigenvalue weighted by Crippen LogP contribution is 2.26. The van der Waals surface area contributed by atoms with Crippen molar-refractivity contribution in [3.63, 3.8) is 0 Å². The SMILES string of the molecule is Cc1ccc(-c2nc(C(=O)N3CCN(C(=O)C(=O)NC4CC4)CC3)cs2)o1. The Hall–Kier alpha value is -2.68. The van der Waals surface area contributed by atoms with Crippen molar-refractivity contribution in [2.24, 2.45) is 0 Å². The first-order chi connectivity index (χ1) is 13.0. The molecule has 0 spiro atoms. The number of amides is 3. The molecule has 8 nitrogen and oxygen atoms in total. The highest BCUT2D eigenvalue weighted by Gasteiger charge is 2.32. The first-order valence-corrected chi connectivity index (χ1v) is 9.80. The van der Waals surface area contributed by atoms with E-state index in [0.717, 1.165) is 18.6 Å². The third-order valence-corrected chi connectivity index (χ3v) is 5.49. The van der Waals surface area contributed by atoms with E-state index in [4.69, 9.17) is 4.42 Å². The minimum atomic E-state index is -0.546. The third-order valence-electron chi connectivity index (χ3n) is 4.64. The van der Waals surface area contributed by atoms with Gasteiger partial charge in [0.2, 0.25) is 0 Å². The quantitative estimate of drug-likeness (QED) is 0.799. The highest BCUT2D eigenvalue weighted by molar-refractivity contribution is 7.13. The maximum Gasteiger partial charge on any atom is 0.312 e. The Balaban J connectivity index is 1.34. The Labute approximate surface area is 160 Å². The van der Waals surface area contributed by atoms with Gasteiger partial charge in [-0.1, -0.05) is 0 Å². The van der Waals surface area contributed by atoms with Gasteiger partial charge in [0.05, 0.1) is 0 Å². The number of hydrogen-bond acceptors (Lipinski definition) is 6. The summed E-state index contributed by atoms with van der Waals surface area (Å²) in [5.41, 5.74) is 0.371. The zero-order chi connectivity index (χ0) is 19.0. The van der Waals surface area contributed by atoms with Crippen molar-refractivity contribution in [1.82, 2.24) is 20.1 Å². The Morgan fingerprint density at radius 2 is 1.85 bits per heavy atom. The number of furan rings is 1. The van der Waals surface area contributed by atoms with E-state index in [9.17, 15) is 14.4 Å². The molecule has 0 aromatic carbocycles. The summed E-state index contributed by atoms with van der Waals surface area (Å²) in [4.78, 5) is 44.2. The molecule has 0 bridgehead atoms. The first kappa shape index (κ1) is 17.7. The van der Waals surface area contributed by atoms with Crippen LogP contribution in [0.2, 0.25) is 0 Å². The number of carbonyl (C=O) groups is 3. The van der Waals surface area contributed by atoms with Crippen LogP contribution >= 0.6 is 11.3 Å². The molecule has 0 atom stereocenters. The van der Waals surface area contributed by atoms with E-state index in [2.05, 4.69) is 10.3 Å². The molecule has 2 aliphatic rings. The molecule has 2 aromatic rings. The molecule has 1 aliphatic carbocycles. The highest BCUT2D eigenvalue weighted by atomic mass is 32.1. The third kappa shape index (κ3) is 3.87. The van der Waals surface area contributed by atoms with Crippen molar-refractivity contribution in [3.05, 3.63) is 29.0 Å². The second kappa shape index (κ2) is 7.15. The smallest absolute Gasteiger partial charge is 0.312 e. The fourth-order valence-corrected chi connectivity index (χ4v) is 3.68. The molecule has 1 saturated heterocycles. The molecule has 1 saturated carbocycles. The van der Waals surface area contributed by atoms with Gasteiger partial charge in [0.25, 0.3) is 5.91 Å². The summed E-state index contributed by atoms with van der Waals surface area (Å²) in [6.45, 7) is 3.31. The lowest BCUT2D eigenvalue weighted by Crippen LogP contribution is -2.54. The summed E-state index contributed by atoms with van der Waals surface area (Å²) >= 11 is 1.36. The number of nitrogens with one attached hydrogen (secondary N) is 1. The topological polar surface area (TPSA) is 95.8 Å². The lowest BCUT2D eigenvalue weighted by Gasteiger charge is -2.34. The van der Waals surface area contributed by atoms with Gasteiger partial charge in [-0.15, -0.1) is 11.3 Å². The molecule has 2 fully saturated rings. The molecule has 1 N–H and O–H groups in total. The lowest BCUT2D eigenvalue weighted by molar-refractivity contribution is -0.146. The van der Waals surface area contributed by atoms with Gasteiger partial charge in [-0.05, 0) is 31.9 Å². The fraction of sp³-hybridized carbons (Fsp3) is 0.444. The average Bonchev–Trinajstić information content (AvgIpc) is 3.17. The predicted octanol–water partition coefficient (Wildman–Crippen LogP) is 1.27. The molecule has 9 heteroatoms. The van der Waals surface area contributed by atoms with Crippen LogP contribution in [0.1, 0.15) is 29.1 Å². The minimum absolute atomic E-state index is 0.154. The molecule has 3 amide bonds. The van der Waals surface area contributed by atoms with Crippen molar-refractivity contribution in [1.29, 1.82) is 0 Å². The molecule has 0 unspecified atom stereocenters. The molecule has 4 rings (SSSR count). The van der Waals surface area contributed by atoms with Crippen molar-refractivity contribution in [3.8, 4) is 10.8 Å². The van der Waals surface area contributed by atoms with Crippen LogP contribution < -0.4 is 5.32 Å². The van der Waals surface area contributed by atoms with Gasteiger partial charge in [-0.25, -0.2) is 4.98 Å². The molecule has 2 aromatic heterocycles. The van der Waals surface area contributed by atoms with Gasteiger partial charge in [-0.3, -0.25) is 14.4 Å². The Bertz CT molecular complexity index is 878. The molecule has 27 heavy (non-hydrogen) atoms. The van der Waals surface area contributed by atoms with E-state index in [0.29, 0.717) is 42.6 Å². The number of rotatable bonds is 3. The molecular weight excluding hydrogens is 368 g/mol. The normalized spacial score (nSPS) is 17.1. The number of nitrogens with zero attached hydrogens (tertiary/aromatic N) is 3. The van der Waals surface area contributed by atoms with Crippen molar-refractivity contribution < 1.29 is 18.8 Å².